The average molecular weight is 241 g/mol. The summed E-state index contributed by atoms with van der Waals surface area (Å²) in [6.45, 7) is 1.99. The van der Waals surface area contributed by atoms with E-state index in [4.69, 9.17) is 15.3 Å². The number of carbonyl (C=O) groups excluding carboxylic acids is 1. The Morgan fingerprint density at radius 3 is 2.88 bits per heavy atom. The molecule has 2 amide bonds. The van der Waals surface area contributed by atoms with Crippen LogP contribution in [0.5, 0.6) is 0 Å². The molecular formula is C10H15N3O4. The number of hydrogen-bond donors (Lipinski definition) is 3. The summed E-state index contributed by atoms with van der Waals surface area (Å²) in [6.07, 6.45) is 3.31. The molecule has 0 aromatic carbocycles. The molecular weight excluding hydrogens is 226 g/mol. The van der Waals surface area contributed by atoms with Crippen LogP contribution in [0, 0.1) is 0 Å². The molecule has 0 fully saturated rings. The number of aromatic nitrogens is 1. The van der Waals surface area contributed by atoms with Crippen molar-refractivity contribution in [1.82, 2.24) is 10.3 Å². The molecule has 1 heterocycles. The van der Waals surface area contributed by atoms with Crippen LogP contribution in [0.2, 0.25) is 0 Å². The van der Waals surface area contributed by atoms with Crippen LogP contribution in [0.1, 0.15) is 48.5 Å². The highest BCUT2D eigenvalue weighted by atomic mass is 16.4. The molecule has 17 heavy (non-hydrogen) atoms. The Hall–Kier alpha value is -2.05. The van der Waals surface area contributed by atoms with Crippen LogP contribution in [0.3, 0.4) is 0 Å². The number of primary amides is 1. The Balaban J connectivity index is 2.90. The Bertz CT molecular complexity index is 402. The van der Waals surface area contributed by atoms with Gasteiger partial charge >= 0.3 is 12.0 Å². The minimum absolute atomic E-state index is 0.129. The molecule has 0 radical (unpaired) electrons. The number of nitrogens with two attached hydrogens (primary N) is 1. The Morgan fingerprint density at radius 1 is 1.65 bits per heavy atom. The maximum absolute atomic E-state index is 10.9. The van der Waals surface area contributed by atoms with Gasteiger partial charge in [-0.1, -0.05) is 19.8 Å². The van der Waals surface area contributed by atoms with E-state index in [1.807, 2.05) is 6.92 Å². The summed E-state index contributed by atoms with van der Waals surface area (Å²) in [6, 6.07) is -1.28. The van der Waals surface area contributed by atoms with E-state index in [-0.39, 0.29) is 11.5 Å². The molecule has 1 aromatic heterocycles. The lowest BCUT2D eigenvalue weighted by molar-refractivity contribution is 0.0687. The van der Waals surface area contributed by atoms with Gasteiger partial charge in [0.15, 0.2) is 17.8 Å². The van der Waals surface area contributed by atoms with Gasteiger partial charge in [0.2, 0.25) is 0 Å². The quantitative estimate of drug-likeness (QED) is 0.693. The fraction of sp³-hybridized carbons (Fsp3) is 0.500. The van der Waals surface area contributed by atoms with E-state index in [0.717, 1.165) is 19.2 Å². The van der Waals surface area contributed by atoms with Gasteiger partial charge in [0, 0.05) is 0 Å². The third-order valence-corrected chi connectivity index (χ3v) is 2.28. The maximum Gasteiger partial charge on any atom is 0.358 e. The number of unbranched alkanes of at least 4 members (excludes halogenated alkanes) is 1. The second kappa shape index (κ2) is 5.88. The number of urea groups is 1. The van der Waals surface area contributed by atoms with E-state index in [1.54, 1.807) is 0 Å². The van der Waals surface area contributed by atoms with Crippen molar-refractivity contribution in [2.45, 2.75) is 32.2 Å². The summed E-state index contributed by atoms with van der Waals surface area (Å²) < 4.78 is 5.02. The van der Waals surface area contributed by atoms with E-state index in [9.17, 15) is 9.59 Å². The zero-order chi connectivity index (χ0) is 12.8. The van der Waals surface area contributed by atoms with E-state index in [1.165, 1.54) is 0 Å². The van der Waals surface area contributed by atoms with Crippen LogP contribution >= 0.6 is 0 Å². The number of rotatable bonds is 6. The zero-order valence-electron chi connectivity index (χ0n) is 9.47. The van der Waals surface area contributed by atoms with Crippen LogP contribution in [0.25, 0.3) is 0 Å². The SMILES string of the molecule is CCCCC(NC(N)=O)c1ocnc1C(=O)O. The van der Waals surface area contributed by atoms with Crippen molar-refractivity contribution in [3.8, 4) is 0 Å². The van der Waals surface area contributed by atoms with Crippen LogP contribution in [0.15, 0.2) is 10.8 Å². The van der Waals surface area contributed by atoms with Crippen molar-refractivity contribution >= 4 is 12.0 Å². The number of carboxylic acids is 1. The number of carbonyl (C=O) groups is 2. The smallest absolute Gasteiger partial charge is 0.358 e. The summed E-state index contributed by atoms with van der Waals surface area (Å²) in [5.41, 5.74) is 4.84. The summed E-state index contributed by atoms with van der Waals surface area (Å²) >= 11 is 0. The van der Waals surface area contributed by atoms with E-state index in [2.05, 4.69) is 10.3 Å². The number of oxazole rings is 1. The highest BCUT2D eigenvalue weighted by molar-refractivity contribution is 5.86. The summed E-state index contributed by atoms with van der Waals surface area (Å²) in [5, 5.41) is 11.4. The molecule has 1 atom stereocenters. The number of amides is 2. The first kappa shape index (κ1) is 13.0. The normalized spacial score (nSPS) is 12.1. The maximum atomic E-state index is 10.9. The third-order valence-electron chi connectivity index (χ3n) is 2.28. The molecule has 1 rings (SSSR count). The van der Waals surface area contributed by atoms with Crippen molar-refractivity contribution in [1.29, 1.82) is 0 Å². The van der Waals surface area contributed by atoms with Crippen molar-refractivity contribution in [3.63, 3.8) is 0 Å². The number of aromatic carboxylic acids is 1. The largest absolute Gasteiger partial charge is 0.476 e. The van der Waals surface area contributed by atoms with Crippen LogP contribution < -0.4 is 11.1 Å². The van der Waals surface area contributed by atoms with Gasteiger partial charge < -0.3 is 20.6 Å². The molecule has 0 saturated heterocycles. The lowest BCUT2D eigenvalue weighted by Gasteiger charge is -2.14. The highest BCUT2D eigenvalue weighted by Gasteiger charge is 2.24. The molecule has 0 aliphatic carbocycles. The molecule has 7 nitrogen and oxygen atoms in total. The predicted octanol–water partition coefficient (Wildman–Crippen LogP) is 1.27. The lowest BCUT2D eigenvalue weighted by Crippen LogP contribution is -2.33. The molecule has 7 heteroatoms. The third kappa shape index (κ3) is 3.47. The van der Waals surface area contributed by atoms with Gasteiger partial charge in [-0.15, -0.1) is 0 Å². The molecule has 0 aliphatic rings. The lowest BCUT2D eigenvalue weighted by atomic mass is 10.1. The molecule has 1 aromatic rings. The van der Waals surface area contributed by atoms with E-state index in [0.29, 0.717) is 6.42 Å². The van der Waals surface area contributed by atoms with Gasteiger partial charge in [0.25, 0.3) is 0 Å². The van der Waals surface area contributed by atoms with Gasteiger partial charge in [-0.05, 0) is 6.42 Å². The molecule has 0 spiro atoms. The van der Waals surface area contributed by atoms with Gasteiger partial charge in [0.1, 0.15) is 0 Å². The first-order valence-electron chi connectivity index (χ1n) is 5.28. The van der Waals surface area contributed by atoms with Crippen LogP contribution in [-0.4, -0.2) is 22.1 Å². The number of nitrogens with zero attached hydrogens (tertiary/aromatic N) is 1. The van der Waals surface area contributed by atoms with Crippen LogP contribution in [0.4, 0.5) is 4.79 Å². The first-order chi connectivity index (χ1) is 8.06. The zero-order valence-corrected chi connectivity index (χ0v) is 9.47. The van der Waals surface area contributed by atoms with Crippen LogP contribution in [-0.2, 0) is 0 Å². The van der Waals surface area contributed by atoms with Crippen molar-refractivity contribution in [2.75, 3.05) is 0 Å². The summed E-state index contributed by atoms with van der Waals surface area (Å²) in [5.74, 6) is -1.06. The number of hydrogen-bond acceptors (Lipinski definition) is 4. The van der Waals surface area contributed by atoms with Gasteiger partial charge in [-0.25, -0.2) is 14.6 Å². The van der Waals surface area contributed by atoms with E-state index < -0.39 is 18.0 Å². The summed E-state index contributed by atoms with van der Waals surface area (Å²) in [4.78, 5) is 25.3. The van der Waals surface area contributed by atoms with E-state index >= 15 is 0 Å². The fourth-order valence-electron chi connectivity index (χ4n) is 1.51. The van der Waals surface area contributed by atoms with Gasteiger partial charge in [0.05, 0.1) is 6.04 Å². The summed E-state index contributed by atoms with van der Waals surface area (Å²) in [7, 11) is 0. The average Bonchev–Trinajstić information content (AvgIpc) is 2.72. The Morgan fingerprint density at radius 2 is 2.35 bits per heavy atom. The molecule has 0 bridgehead atoms. The first-order valence-corrected chi connectivity index (χ1v) is 5.28. The topological polar surface area (TPSA) is 118 Å². The molecule has 4 N–H and O–H groups in total. The number of nitrogens with one attached hydrogen (secondary N) is 1. The molecule has 94 valence electrons. The standard InChI is InChI=1S/C10H15N3O4/c1-2-3-4-6(13-10(11)16)8-7(9(14)15)12-5-17-8/h5-6H,2-4H2,1H3,(H,14,15)(H3,11,13,16). The Kier molecular flexibility index (Phi) is 4.50. The number of carboxylic acid groups (broad SMARTS) is 1. The molecule has 1 unspecified atom stereocenters. The van der Waals surface area contributed by atoms with Gasteiger partial charge in [-0.2, -0.15) is 0 Å². The minimum Gasteiger partial charge on any atom is -0.476 e. The highest BCUT2D eigenvalue weighted by Crippen LogP contribution is 2.22. The second-order valence-corrected chi connectivity index (χ2v) is 3.57. The van der Waals surface area contributed by atoms with Crippen molar-refractivity contribution in [2.24, 2.45) is 5.73 Å². The van der Waals surface area contributed by atoms with Gasteiger partial charge in [-0.3, -0.25) is 0 Å². The minimum atomic E-state index is -1.19. The molecule has 0 aliphatic heterocycles. The monoisotopic (exact) mass is 241 g/mol. The van der Waals surface area contributed by atoms with Crippen molar-refractivity contribution < 1.29 is 19.1 Å². The predicted molar refractivity (Wildman–Crippen MR) is 58.4 cm³/mol. The molecule has 0 saturated carbocycles. The Labute approximate surface area is 98.0 Å². The second-order valence-electron chi connectivity index (χ2n) is 3.57. The fourth-order valence-corrected chi connectivity index (χ4v) is 1.51. The van der Waals surface area contributed by atoms with Crippen molar-refractivity contribution in [3.05, 3.63) is 17.8 Å².